The van der Waals surface area contributed by atoms with Crippen LogP contribution >= 0.6 is 0 Å². The molecule has 3 aromatic heterocycles. The van der Waals surface area contributed by atoms with Crippen LogP contribution in [0.25, 0.3) is 22.2 Å². The molecule has 0 spiro atoms. The van der Waals surface area contributed by atoms with Crippen LogP contribution in [0.3, 0.4) is 0 Å². The smallest absolute Gasteiger partial charge is 0.411 e. The number of nitrogens with two attached hydrogens (primary N) is 1. The summed E-state index contributed by atoms with van der Waals surface area (Å²) in [6.45, 7) is 1.33. The number of imidazole rings is 1. The molecule has 14 nitrogen and oxygen atoms in total. The van der Waals surface area contributed by atoms with Crippen LogP contribution in [-0.2, 0) is 28.3 Å². The third-order valence-electron chi connectivity index (χ3n) is 8.93. The maximum atomic E-state index is 13.0. The van der Waals surface area contributed by atoms with E-state index in [0.29, 0.717) is 24.7 Å². The molecule has 14 heteroatoms. The van der Waals surface area contributed by atoms with Gasteiger partial charge in [0, 0.05) is 62.2 Å². The summed E-state index contributed by atoms with van der Waals surface area (Å²) in [7, 11) is 3.66. The second-order valence-corrected chi connectivity index (χ2v) is 12.4. The molecule has 0 unspecified atom stereocenters. The number of fused-ring (bicyclic) bond motifs is 1. The molecule has 250 valence electrons. The van der Waals surface area contributed by atoms with Crippen molar-refractivity contribution in [3.63, 3.8) is 0 Å². The van der Waals surface area contributed by atoms with Crippen LogP contribution in [0.1, 0.15) is 63.8 Å². The molecule has 1 aromatic carbocycles. The molecule has 0 atom stereocenters. The van der Waals surface area contributed by atoms with E-state index in [-0.39, 0.29) is 23.9 Å². The highest BCUT2D eigenvalue weighted by molar-refractivity contribution is 5.88. The highest BCUT2D eigenvalue weighted by Crippen LogP contribution is 2.33. The molecule has 4 N–H and O–H groups in total. The van der Waals surface area contributed by atoms with Crippen LogP contribution in [0.2, 0.25) is 0 Å². The molecular formula is C33H42N8O6. The SMILES string of the molecule is Cn1cc(-c2cc(NC(=O)OC3CCC3)cc(Nc3cc4c(cn3)n(C)c(=O)n4C3CCCC3)c2)cn1.NC(=O)OC1CCOCC1. The summed E-state index contributed by atoms with van der Waals surface area (Å²) in [5.41, 5.74) is 9.67. The largest absolute Gasteiger partial charge is 0.446 e. The van der Waals surface area contributed by atoms with Gasteiger partial charge in [-0.3, -0.25) is 19.1 Å². The van der Waals surface area contributed by atoms with Crippen LogP contribution < -0.4 is 22.1 Å². The summed E-state index contributed by atoms with van der Waals surface area (Å²) < 4.78 is 20.6. The average molecular weight is 647 g/mol. The molecule has 47 heavy (non-hydrogen) atoms. The number of amides is 2. The molecule has 4 heterocycles. The molecule has 7 rings (SSSR count). The molecule has 3 fully saturated rings. The van der Waals surface area contributed by atoms with E-state index in [9.17, 15) is 14.4 Å². The first-order chi connectivity index (χ1) is 22.7. The van der Waals surface area contributed by atoms with Gasteiger partial charge in [-0.1, -0.05) is 12.8 Å². The second-order valence-electron chi connectivity index (χ2n) is 12.4. The first kappa shape index (κ1) is 32.1. The fourth-order valence-corrected chi connectivity index (χ4v) is 6.24. The zero-order valence-electron chi connectivity index (χ0n) is 26.8. The van der Waals surface area contributed by atoms with Gasteiger partial charge in [0.2, 0.25) is 0 Å². The standard InChI is InChI=1S/C27H31N7O3.C6H11NO3/c1-32-16-18(14-29-32)17-10-19(12-20(11-17)31-26(35)37-22-8-5-9-22)30-25-13-23-24(15-28-25)33(2)27(36)34(23)21-6-3-4-7-21;7-6(8)10-5-1-3-9-4-2-5/h10-16,21-22H,3-9H2,1-2H3,(H,28,30)(H,31,35);5H,1-4H2,(H2,7,8). The van der Waals surface area contributed by atoms with Gasteiger partial charge in [0.15, 0.2) is 0 Å². The van der Waals surface area contributed by atoms with Crippen molar-refractivity contribution < 1.29 is 23.8 Å². The van der Waals surface area contributed by atoms with Crippen LogP contribution in [0, 0.1) is 0 Å². The van der Waals surface area contributed by atoms with Gasteiger partial charge in [-0.15, -0.1) is 0 Å². The molecule has 3 aliphatic rings. The van der Waals surface area contributed by atoms with Crippen LogP contribution in [0.5, 0.6) is 0 Å². The predicted octanol–water partition coefficient (Wildman–Crippen LogP) is 5.36. The lowest BCUT2D eigenvalue weighted by Crippen LogP contribution is -2.28. The zero-order chi connectivity index (χ0) is 32.9. The first-order valence-electron chi connectivity index (χ1n) is 16.2. The van der Waals surface area contributed by atoms with Crippen molar-refractivity contribution in [3.8, 4) is 11.1 Å². The van der Waals surface area contributed by atoms with Crippen molar-refractivity contribution in [2.24, 2.45) is 19.8 Å². The third-order valence-corrected chi connectivity index (χ3v) is 8.93. The third kappa shape index (κ3) is 7.76. The van der Waals surface area contributed by atoms with Crippen LogP contribution in [0.15, 0.2) is 47.7 Å². The monoisotopic (exact) mass is 646 g/mol. The lowest BCUT2D eigenvalue weighted by molar-refractivity contribution is 0.00449. The minimum atomic E-state index is -0.688. The van der Waals surface area contributed by atoms with Gasteiger partial charge < -0.3 is 25.3 Å². The Balaban J connectivity index is 0.000000332. The normalized spacial score (nSPS) is 17.1. The second kappa shape index (κ2) is 14.3. The van der Waals surface area contributed by atoms with Crippen LogP contribution in [-0.4, -0.2) is 61.5 Å². The molecular weight excluding hydrogens is 604 g/mol. The van der Waals surface area contributed by atoms with E-state index < -0.39 is 12.2 Å². The topological polar surface area (TPSA) is 170 Å². The van der Waals surface area contributed by atoms with E-state index in [1.165, 1.54) is 0 Å². The van der Waals surface area contributed by atoms with Crippen molar-refractivity contribution in [2.75, 3.05) is 23.8 Å². The van der Waals surface area contributed by atoms with Crippen molar-refractivity contribution in [2.45, 2.75) is 76.0 Å². The predicted molar refractivity (Wildman–Crippen MR) is 177 cm³/mol. The quantitative estimate of drug-likeness (QED) is 0.239. The lowest BCUT2D eigenvalue weighted by atomic mass is 9.96. The fourth-order valence-electron chi connectivity index (χ4n) is 6.24. The number of ether oxygens (including phenoxy) is 3. The minimum Gasteiger partial charge on any atom is -0.446 e. The van der Waals surface area contributed by atoms with Gasteiger partial charge in [0.25, 0.3) is 0 Å². The number of nitrogens with zero attached hydrogens (tertiary/aromatic N) is 5. The molecule has 1 saturated heterocycles. The molecule has 2 aliphatic carbocycles. The lowest BCUT2D eigenvalue weighted by Gasteiger charge is -2.25. The van der Waals surface area contributed by atoms with Gasteiger partial charge in [0.1, 0.15) is 18.0 Å². The molecule has 0 radical (unpaired) electrons. The van der Waals surface area contributed by atoms with Crippen molar-refractivity contribution in [3.05, 3.63) is 53.3 Å². The Morgan fingerprint density at radius 1 is 0.872 bits per heavy atom. The molecule has 2 amide bonds. The Kier molecular flexibility index (Phi) is 9.76. The number of anilines is 3. The maximum absolute atomic E-state index is 13.0. The summed E-state index contributed by atoms with van der Waals surface area (Å²) in [6, 6.07) is 7.89. The number of benzene rings is 1. The summed E-state index contributed by atoms with van der Waals surface area (Å²) >= 11 is 0. The maximum Gasteiger partial charge on any atom is 0.411 e. The highest BCUT2D eigenvalue weighted by Gasteiger charge is 2.24. The number of pyridine rings is 1. The minimum absolute atomic E-state index is 0.00151. The van der Waals surface area contributed by atoms with E-state index in [4.69, 9.17) is 19.9 Å². The number of carbonyl (C=O) groups excluding carboxylic acids is 2. The summed E-state index contributed by atoms with van der Waals surface area (Å²) in [5.74, 6) is 0.621. The Morgan fingerprint density at radius 2 is 1.60 bits per heavy atom. The number of nitrogens with one attached hydrogen (secondary N) is 2. The fraction of sp³-hybridized carbons (Fsp3) is 0.485. The number of hydrogen-bond donors (Lipinski definition) is 3. The Hall–Kier alpha value is -4.85. The van der Waals surface area contributed by atoms with E-state index in [2.05, 4.69) is 20.7 Å². The van der Waals surface area contributed by atoms with E-state index in [1.54, 1.807) is 28.7 Å². The van der Waals surface area contributed by atoms with Gasteiger partial charge in [-0.25, -0.2) is 19.4 Å². The summed E-state index contributed by atoms with van der Waals surface area (Å²) in [4.78, 5) is 40.3. The van der Waals surface area contributed by atoms with Crippen molar-refractivity contribution >= 4 is 40.4 Å². The average Bonchev–Trinajstić information content (AvgIpc) is 3.76. The van der Waals surface area contributed by atoms with E-state index >= 15 is 0 Å². The number of rotatable bonds is 7. The summed E-state index contributed by atoms with van der Waals surface area (Å²) in [5, 5.41) is 10.5. The van der Waals surface area contributed by atoms with Crippen molar-refractivity contribution in [1.29, 1.82) is 0 Å². The number of aromatic nitrogens is 5. The van der Waals surface area contributed by atoms with Gasteiger partial charge in [0.05, 0.1) is 36.6 Å². The molecule has 0 bridgehead atoms. The number of primary amides is 1. The number of aryl methyl sites for hydroxylation is 2. The Morgan fingerprint density at radius 3 is 2.26 bits per heavy atom. The van der Waals surface area contributed by atoms with E-state index in [1.807, 2.05) is 42.1 Å². The zero-order valence-corrected chi connectivity index (χ0v) is 26.8. The van der Waals surface area contributed by atoms with Gasteiger partial charge >= 0.3 is 17.9 Å². The van der Waals surface area contributed by atoms with Gasteiger partial charge in [-0.2, -0.15) is 5.10 Å². The Labute approximate surface area is 272 Å². The Bertz CT molecular complexity index is 1780. The molecule has 2 saturated carbocycles. The molecule has 4 aromatic rings. The van der Waals surface area contributed by atoms with E-state index in [0.717, 1.165) is 85.6 Å². The number of hydrogen-bond acceptors (Lipinski definition) is 9. The van der Waals surface area contributed by atoms with Gasteiger partial charge in [-0.05, 0) is 55.9 Å². The molecule has 1 aliphatic heterocycles. The highest BCUT2D eigenvalue weighted by atomic mass is 16.6. The first-order valence-corrected chi connectivity index (χ1v) is 16.2. The number of carbonyl (C=O) groups is 2. The van der Waals surface area contributed by atoms with Crippen molar-refractivity contribution in [1.82, 2.24) is 23.9 Å². The summed E-state index contributed by atoms with van der Waals surface area (Å²) in [6.07, 6.45) is 13.0. The van der Waals surface area contributed by atoms with Crippen LogP contribution in [0.4, 0.5) is 26.8 Å².